The van der Waals surface area contributed by atoms with Crippen LogP contribution in [-0.4, -0.2) is 23.8 Å². The molecule has 0 aromatic carbocycles. The molecule has 0 fully saturated rings. The lowest BCUT2D eigenvalue weighted by Crippen LogP contribution is -2.09. The Bertz CT molecular complexity index is 359. The Labute approximate surface area is 91.3 Å². The van der Waals surface area contributed by atoms with Crippen LogP contribution in [0.1, 0.15) is 6.92 Å². The van der Waals surface area contributed by atoms with Gasteiger partial charge in [-0.3, -0.25) is 0 Å². The first-order valence-corrected chi connectivity index (χ1v) is 5.19. The summed E-state index contributed by atoms with van der Waals surface area (Å²) in [6.07, 6.45) is 4.00. The second-order valence-electron chi connectivity index (χ2n) is 2.45. The van der Waals surface area contributed by atoms with Gasteiger partial charge in [0.2, 0.25) is 0 Å². The minimum atomic E-state index is -0.517. The molecule has 0 radical (unpaired) electrons. The van der Waals surface area contributed by atoms with E-state index in [1.165, 1.54) is 17.5 Å². The van der Waals surface area contributed by atoms with Crippen LogP contribution < -0.4 is 5.32 Å². The van der Waals surface area contributed by atoms with Gasteiger partial charge in [0, 0.05) is 24.0 Å². The quantitative estimate of drug-likeness (QED) is 0.454. The van der Waals surface area contributed by atoms with Crippen molar-refractivity contribution < 1.29 is 9.53 Å². The number of nitrogens with zero attached hydrogens (tertiary/aromatic N) is 1. The third-order valence-corrected chi connectivity index (χ3v) is 2.15. The average Bonchev–Trinajstić information content (AvgIpc) is 2.72. The third-order valence-electron chi connectivity index (χ3n) is 1.45. The van der Waals surface area contributed by atoms with Crippen LogP contribution in [0.25, 0.3) is 0 Å². The third kappa shape index (κ3) is 3.51. The van der Waals surface area contributed by atoms with Crippen LogP contribution in [0.2, 0.25) is 0 Å². The van der Waals surface area contributed by atoms with Crippen molar-refractivity contribution in [3.05, 3.63) is 23.3 Å². The Morgan fingerprint density at radius 1 is 1.80 bits per heavy atom. The van der Waals surface area contributed by atoms with E-state index in [4.69, 9.17) is 10.1 Å². The van der Waals surface area contributed by atoms with Crippen molar-refractivity contribution in [2.75, 3.05) is 11.9 Å². The van der Waals surface area contributed by atoms with Crippen molar-refractivity contribution in [1.29, 1.82) is 5.41 Å². The number of aromatic nitrogens is 1. The molecule has 0 spiro atoms. The number of anilines is 1. The zero-order chi connectivity index (χ0) is 11.1. The molecule has 15 heavy (non-hydrogen) atoms. The monoisotopic (exact) mass is 225 g/mol. The molecule has 0 atom stereocenters. The maximum absolute atomic E-state index is 11.2. The molecule has 0 aliphatic heterocycles. The molecular formula is C9H11N3O2S. The minimum absolute atomic E-state index is 0.159. The highest BCUT2D eigenvalue weighted by molar-refractivity contribution is 7.13. The number of rotatable bonds is 5. The molecule has 0 saturated carbocycles. The highest BCUT2D eigenvalue weighted by Gasteiger charge is 2.06. The van der Waals surface area contributed by atoms with Gasteiger partial charge in [-0.15, -0.1) is 11.3 Å². The Hall–Kier alpha value is -1.69. The van der Waals surface area contributed by atoms with E-state index in [0.29, 0.717) is 11.7 Å². The molecule has 1 aromatic rings. The van der Waals surface area contributed by atoms with Crippen molar-refractivity contribution in [3.63, 3.8) is 0 Å². The molecule has 0 aliphatic carbocycles. The van der Waals surface area contributed by atoms with Gasteiger partial charge in [-0.2, -0.15) is 0 Å². The Morgan fingerprint density at radius 2 is 2.60 bits per heavy atom. The topological polar surface area (TPSA) is 75.1 Å². The van der Waals surface area contributed by atoms with Gasteiger partial charge in [-0.1, -0.05) is 0 Å². The molecular weight excluding hydrogens is 214 g/mol. The van der Waals surface area contributed by atoms with Crippen molar-refractivity contribution in [1.82, 2.24) is 4.98 Å². The first-order valence-electron chi connectivity index (χ1n) is 4.31. The van der Waals surface area contributed by atoms with E-state index in [9.17, 15) is 4.79 Å². The van der Waals surface area contributed by atoms with Gasteiger partial charge >= 0.3 is 5.97 Å². The van der Waals surface area contributed by atoms with Crippen molar-refractivity contribution in [3.8, 4) is 0 Å². The number of thiazole rings is 1. The Balaban J connectivity index is 2.62. The highest BCUT2D eigenvalue weighted by atomic mass is 32.1. The number of esters is 1. The lowest BCUT2D eigenvalue weighted by molar-refractivity contribution is -0.137. The summed E-state index contributed by atoms with van der Waals surface area (Å²) in [6.45, 7) is 2.01. The SMILES string of the molecule is CCOC(=O)/C(C=N)=C/Nc1nccs1. The lowest BCUT2D eigenvalue weighted by Gasteiger charge is -2.01. The van der Waals surface area contributed by atoms with Crippen molar-refractivity contribution >= 4 is 28.7 Å². The fourth-order valence-corrected chi connectivity index (χ4v) is 1.31. The predicted octanol–water partition coefficient (Wildman–Crippen LogP) is 1.65. The largest absolute Gasteiger partial charge is 0.462 e. The molecule has 1 rings (SSSR count). The molecule has 1 aromatic heterocycles. The van der Waals surface area contributed by atoms with E-state index >= 15 is 0 Å². The molecule has 0 bridgehead atoms. The second-order valence-corrected chi connectivity index (χ2v) is 3.34. The maximum atomic E-state index is 11.2. The summed E-state index contributed by atoms with van der Waals surface area (Å²) in [4.78, 5) is 15.2. The minimum Gasteiger partial charge on any atom is -0.462 e. The van der Waals surface area contributed by atoms with E-state index in [0.717, 1.165) is 6.21 Å². The number of hydrogen-bond donors (Lipinski definition) is 2. The summed E-state index contributed by atoms with van der Waals surface area (Å²) in [5.74, 6) is -0.517. The van der Waals surface area contributed by atoms with Crippen LogP contribution in [-0.2, 0) is 9.53 Å². The van der Waals surface area contributed by atoms with Crippen molar-refractivity contribution in [2.24, 2.45) is 0 Å². The van der Waals surface area contributed by atoms with E-state index in [1.807, 2.05) is 5.38 Å². The lowest BCUT2D eigenvalue weighted by atomic mass is 10.3. The molecule has 2 N–H and O–H groups in total. The van der Waals surface area contributed by atoms with E-state index in [2.05, 4.69) is 10.3 Å². The normalized spacial score (nSPS) is 10.9. The van der Waals surface area contributed by atoms with Crippen LogP contribution in [0.5, 0.6) is 0 Å². The highest BCUT2D eigenvalue weighted by Crippen LogP contribution is 2.10. The number of ether oxygens (including phenoxy) is 1. The molecule has 6 heteroatoms. The van der Waals surface area contributed by atoms with Gasteiger partial charge in [0.05, 0.1) is 12.2 Å². The standard InChI is InChI=1S/C9H11N3O2S/c1-2-14-8(13)7(5-10)6-12-9-11-3-4-15-9/h3-6,10H,2H2,1H3,(H,11,12)/b7-6+,10-5?. The number of nitrogens with one attached hydrogen (secondary N) is 2. The fourth-order valence-electron chi connectivity index (χ4n) is 0.808. The maximum Gasteiger partial charge on any atom is 0.341 e. The zero-order valence-electron chi connectivity index (χ0n) is 8.19. The second kappa shape index (κ2) is 5.92. The van der Waals surface area contributed by atoms with E-state index < -0.39 is 5.97 Å². The smallest absolute Gasteiger partial charge is 0.341 e. The average molecular weight is 225 g/mol. The molecule has 1 heterocycles. The van der Waals surface area contributed by atoms with E-state index in [-0.39, 0.29) is 5.57 Å². The van der Waals surface area contributed by atoms with Gasteiger partial charge in [0.15, 0.2) is 5.13 Å². The fraction of sp³-hybridized carbons (Fsp3) is 0.222. The summed E-state index contributed by atoms with van der Waals surface area (Å²) in [7, 11) is 0. The van der Waals surface area contributed by atoms with Crippen LogP contribution in [0, 0.1) is 5.41 Å². The molecule has 80 valence electrons. The molecule has 0 saturated heterocycles. The molecule has 0 amide bonds. The summed E-state index contributed by atoms with van der Waals surface area (Å²) in [6, 6.07) is 0. The van der Waals surface area contributed by atoms with Crippen LogP contribution >= 0.6 is 11.3 Å². The Morgan fingerprint density at radius 3 is 3.13 bits per heavy atom. The number of hydrogen-bond acceptors (Lipinski definition) is 6. The van der Waals surface area contributed by atoms with Crippen LogP contribution in [0.3, 0.4) is 0 Å². The van der Waals surface area contributed by atoms with E-state index in [1.54, 1.807) is 13.1 Å². The zero-order valence-corrected chi connectivity index (χ0v) is 9.00. The molecule has 5 nitrogen and oxygen atoms in total. The van der Waals surface area contributed by atoms with Gasteiger partial charge in [0.1, 0.15) is 0 Å². The number of carbonyl (C=O) groups excluding carboxylic acids is 1. The van der Waals surface area contributed by atoms with Gasteiger partial charge < -0.3 is 15.5 Å². The first kappa shape index (κ1) is 11.4. The van der Waals surface area contributed by atoms with Gasteiger partial charge in [-0.25, -0.2) is 9.78 Å². The summed E-state index contributed by atoms with van der Waals surface area (Å²) >= 11 is 1.41. The summed E-state index contributed by atoms with van der Waals surface area (Å²) < 4.78 is 4.75. The first-order chi connectivity index (χ1) is 7.27. The summed E-state index contributed by atoms with van der Waals surface area (Å²) in [5, 5.41) is 12.3. The van der Waals surface area contributed by atoms with Crippen LogP contribution in [0.15, 0.2) is 23.3 Å². The van der Waals surface area contributed by atoms with Crippen LogP contribution in [0.4, 0.5) is 5.13 Å². The predicted molar refractivity (Wildman–Crippen MR) is 59.2 cm³/mol. The number of carbonyl (C=O) groups is 1. The van der Waals surface area contributed by atoms with Crippen molar-refractivity contribution in [2.45, 2.75) is 6.92 Å². The summed E-state index contributed by atoms with van der Waals surface area (Å²) in [5.41, 5.74) is 0.159. The van der Waals surface area contributed by atoms with Gasteiger partial charge in [-0.05, 0) is 6.92 Å². The molecule has 0 unspecified atom stereocenters. The Kier molecular flexibility index (Phi) is 4.49. The molecule has 0 aliphatic rings. The van der Waals surface area contributed by atoms with Gasteiger partial charge in [0.25, 0.3) is 0 Å².